The Morgan fingerprint density at radius 2 is 2.29 bits per heavy atom. The third-order valence-corrected chi connectivity index (χ3v) is 5.93. The molecule has 1 unspecified atom stereocenters. The van der Waals surface area contributed by atoms with Gasteiger partial charge in [0.2, 0.25) is 11.8 Å². The number of hydrogen-bond acceptors (Lipinski definition) is 6. The average Bonchev–Trinajstić information content (AvgIpc) is 3.35. The predicted molar refractivity (Wildman–Crippen MR) is 94.5 cm³/mol. The summed E-state index contributed by atoms with van der Waals surface area (Å²) >= 11 is 3.11. The van der Waals surface area contributed by atoms with Crippen LogP contribution in [0.1, 0.15) is 39.9 Å². The fourth-order valence-electron chi connectivity index (χ4n) is 2.96. The van der Waals surface area contributed by atoms with Gasteiger partial charge in [-0.3, -0.25) is 4.79 Å². The van der Waals surface area contributed by atoms with E-state index in [-0.39, 0.29) is 11.8 Å². The molecule has 7 heteroatoms. The molecule has 124 valence electrons. The zero-order valence-electron chi connectivity index (χ0n) is 13.3. The van der Waals surface area contributed by atoms with Crippen LogP contribution in [0.2, 0.25) is 0 Å². The van der Waals surface area contributed by atoms with Crippen molar-refractivity contribution < 1.29 is 9.21 Å². The van der Waals surface area contributed by atoms with Gasteiger partial charge < -0.3 is 9.32 Å². The lowest BCUT2D eigenvalue weighted by molar-refractivity contribution is 0.0703. The zero-order valence-corrected chi connectivity index (χ0v) is 14.9. The van der Waals surface area contributed by atoms with Gasteiger partial charge in [0.1, 0.15) is 0 Å². The molecule has 4 heterocycles. The van der Waals surface area contributed by atoms with Crippen LogP contribution >= 0.6 is 22.7 Å². The van der Waals surface area contributed by atoms with Crippen LogP contribution in [0.25, 0.3) is 11.5 Å². The fraction of sp³-hybridized carbons (Fsp3) is 0.353. The molecule has 0 saturated carbocycles. The van der Waals surface area contributed by atoms with Crippen molar-refractivity contribution in [2.24, 2.45) is 0 Å². The molecule has 3 aromatic heterocycles. The van der Waals surface area contributed by atoms with E-state index < -0.39 is 0 Å². The molecule has 0 aromatic carbocycles. The first-order chi connectivity index (χ1) is 11.7. The van der Waals surface area contributed by atoms with E-state index in [1.165, 1.54) is 11.3 Å². The van der Waals surface area contributed by atoms with Crippen LogP contribution in [0.15, 0.2) is 32.7 Å². The van der Waals surface area contributed by atoms with Crippen LogP contribution in [0.4, 0.5) is 0 Å². The van der Waals surface area contributed by atoms with Crippen LogP contribution in [0.5, 0.6) is 0 Å². The maximum absolute atomic E-state index is 12.7. The number of piperidine rings is 1. The van der Waals surface area contributed by atoms with Crippen LogP contribution in [0.3, 0.4) is 0 Å². The molecule has 24 heavy (non-hydrogen) atoms. The van der Waals surface area contributed by atoms with Crippen molar-refractivity contribution in [1.29, 1.82) is 0 Å². The molecule has 0 spiro atoms. The molecule has 0 bridgehead atoms. The average molecular weight is 359 g/mol. The van der Waals surface area contributed by atoms with Crippen molar-refractivity contribution in [2.45, 2.75) is 25.7 Å². The number of rotatable bonds is 3. The summed E-state index contributed by atoms with van der Waals surface area (Å²) in [7, 11) is 0. The second-order valence-electron chi connectivity index (χ2n) is 6.04. The fourth-order valence-corrected chi connectivity index (χ4v) is 4.46. The summed E-state index contributed by atoms with van der Waals surface area (Å²) in [6.45, 7) is 3.44. The summed E-state index contributed by atoms with van der Waals surface area (Å²) in [4.78, 5) is 15.4. The largest absolute Gasteiger partial charge is 0.420 e. The van der Waals surface area contributed by atoms with Crippen LogP contribution in [-0.2, 0) is 0 Å². The molecule has 1 fully saturated rings. The normalized spacial score (nSPS) is 18.0. The highest BCUT2D eigenvalue weighted by atomic mass is 32.1. The molecule has 0 radical (unpaired) electrons. The molecular weight excluding hydrogens is 342 g/mol. The van der Waals surface area contributed by atoms with Gasteiger partial charge in [-0.2, -0.15) is 11.3 Å². The van der Waals surface area contributed by atoms with Crippen LogP contribution in [0, 0.1) is 6.92 Å². The minimum atomic E-state index is 0.107. The molecule has 1 amide bonds. The summed E-state index contributed by atoms with van der Waals surface area (Å²) < 4.78 is 5.85. The molecule has 1 aliphatic rings. The van der Waals surface area contributed by atoms with E-state index in [9.17, 15) is 4.79 Å². The number of nitrogens with zero attached hydrogens (tertiary/aromatic N) is 3. The van der Waals surface area contributed by atoms with Gasteiger partial charge in [0.25, 0.3) is 5.91 Å². The lowest BCUT2D eigenvalue weighted by Crippen LogP contribution is -2.38. The van der Waals surface area contributed by atoms with Gasteiger partial charge in [-0.25, -0.2) is 0 Å². The van der Waals surface area contributed by atoms with E-state index in [1.807, 2.05) is 40.1 Å². The third-order valence-electron chi connectivity index (χ3n) is 4.21. The Morgan fingerprint density at radius 3 is 3.04 bits per heavy atom. The zero-order chi connectivity index (χ0) is 16.5. The minimum absolute atomic E-state index is 0.107. The predicted octanol–water partition coefficient (Wildman–Crippen LogP) is 4.19. The van der Waals surface area contributed by atoms with E-state index in [1.54, 1.807) is 11.3 Å². The van der Waals surface area contributed by atoms with Gasteiger partial charge in [0.15, 0.2) is 0 Å². The molecule has 4 rings (SSSR count). The first-order valence-corrected chi connectivity index (χ1v) is 9.73. The van der Waals surface area contributed by atoms with Gasteiger partial charge in [0.05, 0.1) is 10.8 Å². The SMILES string of the molecule is Cc1csc(C(=O)N2CCCC(c3nnc(-c4ccsc4)o3)C2)c1. The number of amides is 1. The van der Waals surface area contributed by atoms with Crippen molar-refractivity contribution in [1.82, 2.24) is 15.1 Å². The molecule has 5 nitrogen and oxygen atoms in total. The topological polar surface area (TPSA) is 59.2 Å². The Hall–Kier alpha value is -1.99. The monoisotopic (exact) mass is 359 g/mol. The number of aryl methyl sites for hydroxylation is 1. The summed E-state index contributed by atoms with van der Waals surface area (Å²) in [6, 6.07) is 3.93. The van der Waals surface area contributed by atoms with E-state index in [0.717, 1.165) is 35.4 Å². The lowest BCUT2D eigenvalue weighted by atomic mass is 9.98. The summed E-state index contributed by atoms with van der Waals surface area (Å²) in [5.74, 6) is 1.42. The quantitative estimate of drug-likeness (QED) is 0.704. The summed E-state index contributed by atoms with van der Waals surface area (Å²) in [5.41, 5.74) is 2.09. The van der Waals surface area contributed by atoms with Crippen molar-refractivity contribution in [3.05, 3.63) is 44.6 Å². The highest BCUT2D eigenvalue weighted by Gasteiger charge is 2.29. The first kappa shape index (κ1) is 15.5. The number of aromatic nitrogens is 2. The number of hydrogen-bond donors (Lipinski definition) is 0. The maximum atomic E-state index is 12.7. The number of carbonyl (C=O) groups is 1. The second-order valence-corrected chi connectivity index (χ2v) is 7.73. The van der Waals surface area contributed by atoms with Gasteiger partial charge >= 0.3 is 0 Å². The molecular formula is C17H17N3O2S2. The molecule has 1 aliphatic heterocycles. The van der Waals surface area contributed by atoms with E-state index >= 15 is 0 Å². The van der Waals surface area contributed by atoms with Gasteiger partial charge in [0, 0.05) is 24.0 Å². The van der Waals surface area contributed by atoms with E-state index in [0.29, 0.717) is 18.3 Å². The van der Waals surface area contributed by atoms with Gasteiger partial charge in [-0.05, 0) is 48.2 Å². The van der Waals surface area contributed by atoms with Crippen LogP contribution < -0.4 is 0 Å². The summed E-state index contributed by atoms with van der Waals surface area (Å²) in [6.07, 6.45) is 1.93. The Bertz CT molecular complexity index is 838. The number of carbonyl (C=O) groups excluding carboxylic acids is 1. The molecule has 0 aliphatic carbocycles. The molecule has 1 saturated heterocycles. The first-order valence-electron chi connectivity index (χ1n) is 7.91. The van der Waals surface area contributed by atoms with Gasteiger partial charge in [-0.1, -0.05) is 0 Å². The van der Waals surface area contributed by atoms with Crippen LogP contribution in [-0.4, -0.2) is 34.1 Å². The molecule has 1 atom stereocenters. The van der Waals surface area contributed by atoms with Gasteiger partial charge in [-0.15, -0.1) is 21.5 Å². The van der Waals surface area contributed by atoms with Crippen molar-refractivity contribution >= 4 is 28.6 Å². The number of likely N-dealkylation sites (tertiary alicyclic amines) is 1. The van der Waals surface area contributed by atoms with Crippen molar-refractivity contribution in [2.75, 3.05) is 13.1 Å². The summed E-state index contributed by atoms with van der Waals surface area (Å²) in [5, 5.41) is 14.4. The second kappa shape index (κ2) is 6.49. The Balaban J connectivity index is 1.50. The smallest absolute Gasteiger partial charge is 0.263 e. The Kier molecular flexibility index (Phi) is 4.20. The Labute approximate surface area is 147 Å². The Morgan fingerprint density at radius 1 is 1.38 bits per heavy atom. The standard InChI is InChI=1S/C17H17N3O2S2/c1-11-7-14(24-9-11)17(21)20-5-2-3-12(8-20)15-18-19-16(22-15)13-4-6-23-10-13/h4,6-7,9-10,12H,2-3,5,8H2,1H3. The lowest BCUT2D eigenvalue weighted by Gasteiger charge is -2.30. The molecule has 3 aromatic rings. The van der Waals surface area contributed by atoms with Crippen molar-refractivity contribution in [3.63, 3.8) is 0 Å². The third kappa shape index (κ3) is 3.01. The minimum Gasteiger partial charge on any atom is -0.420 e. The number of thiophene rings is 2. The highest BCUT2D eigenvalue weighted by Crippen LogP contribution is 2.30. The highest BCUT2D eigenvalue weighted by molar-refractivity contribution is 7.12. The maximum Gasteiger partial charge on any atom is 0.263 e. The van der Waals surface area contributed by atoms with E-state index in [4.69, 9.17) is 4.42 Å². The molecule has 0 N–H and O–H groups in total. The van der Waals surface area contributed by atoms with E-state index in [2.05, 4.69) is 10.2 Å². The van der Waals surface area contributed by atoms with Crippen molar-refractivity contribution in [3.8, 4) is 11.5 Å².